The predicted octanol–water partition coefficient (Wildman–Crippen LogP) is 2.70. The van der Waals surface area contributed by atoms with E-state index in [4.69, 9.17) is 4.74 Å². The largest absolute Gasteiger partial charge is 0.378 e. The number of ether oxygens (including phenoxy) is 1. The maximum atomic E-state index is 12.1. The lowest BCUT2D eigenvalue weighted by atomic mass is 10.2. The van der Waals surface area contributed by atoms with Gasteiger partial charge in [0.1, 0.15) is 5.82 Å². The lowest BCUT2D eigenvalue weighted by Crippen LogP contribution is -2.40. The van der Waals surface area contributed by atoms with Crippen LogP contribution in [0, 0.1) is 6.92 Å². The van der Waals surface area contributed by atoms with Crippen molar-refractivity contribution in [2.24, 2.45) is 0 Å². The van der Waals surface area contributed by atoms with Crippen molar-refractivity contribution in [3.05, 3.63) is 36.2 Å². The Bertz CT molecular complexity index is 684. The Balaban J connectivity index is 1.44. The average Bonchev–Trinajstić information content (AvgIpc) is 3.03. The van der Waals surface area contributed by atoms with Gasteiger partial charge in [0.25, 0.3) is 0 Å². The molecule has 6 nitrogen and oxygen atoms in total. The van der Waals surface area contributed by atoms with E-state index in [1.165, 1.54) is 0 Å². The summed E-state index contributed by atoms with van der Waals surface area (Å²) < 4.78 is 7.35. The summed E-state index contributed by atoms with van der Waals surface area (Å²) in [4.78, 5) is 14.0. The van der Waals surface area contributed by atoms with Crippen LogP contribution in [0.5, 0.6) is 0 Å². The van der Waals surface area contributed by atoms with Crippen molar-refractivity contribution < 1.29 is 9.53 Å². The second kappa shape index (κ2) is 9.01. The van der Waals surface area contributed by atoms with E-state index in [-0.39, 0.29) is 5.91 Å². The fourth-order valence-electron chi connectivity index (χ4n) is 2.82. The number of rotatable bonds is 7. The third-order valence-electron chi connectivity index (χ3n) is 4.19. The molecule has 0 atom stereocenters. The molecule has 3 rings (SSSR count). The molecule has 1 aliphatic heterocycles. The number of aryl methyl sites for hydroxylation is 1. The molecule has 2 aromatic rings. The summed E-state index contributed by atoms with van der Waals surface area (Å²) in [5.41, 5.74) is 1.08. The lowest BCUT2D eigenvalue weighted by Gasteiger charge is -2.26. The number of benzene rings is 1. The minimum atomic E-state index is 0.247. The van der Waals surface area contributed by atoms with Gasteiger partial charge in [-0.05, 0) is 31.9 Å². The van der Waals surface area contributed by atoms with E-state index >= 15 is 0 Å². The average molecular weight is 360 g/mol. The van der Waals surface area contributed by atoms with Gasteiger partial charge in [-0.25, -0.2) is 0 Å². The van der Waals surface area contributed by atoms with Crippen molar-refractivity contribution in [1.29, 1.82) is 0 Å². The molecule has 25 heavy (non-hydrogen) atoms. The van der Waals surface area contributed by atoms with Crippen LogP contribution < -0.4 is 0 Å². The first-order valence-corrected chi connectivity index (χ1v) is 9.70. The van der Waals surface area contributed by atoms with Gasteiger partial charge in [0.05, 0.1) is 13.2 Å². The summed E-state index contributed by atoms with van der Waals surface area (Å²) in [5, 5.41) is 9.39. The molecule has 1 saturated heterocycles. The minimum Gasteiger partial charge on any atom is -0.378 e. The van der Waals surface area contributed by atoms with E-state index in [1.54, 1.807) is 11.8 Å². The van der Waals surface area contributed by atoms with Crippen molar-refractivity contribution in [3.63, 3.8) is 0 Å². The van der Waals surface area contributed by atoms with Gasteiger partial charge < -0.3 is 9.64 Å². The number of thioether (sulfide) groups is 1. The summed E-state index contributed by atoms with van der Waals surface area (Å²) in [6.45, 7) is 4.75. The molecular formula is C18H24N4O2S. The van der Waals surface area contributed by atoms with Gasteiger partial charge in [-0.15, -0.1) is 10.2 Å². The molecule has 0 aliphatic carbocycles. The Hall–Kier alpha value is -1.86. The molecule has 0 spiro atoms. The van der Waals surface area contributed by atoms with E-state index in [0.29, 0.717) is 19.6 Å². The van der Waals surface area contributed by atoms with Gasteiger partial charge in [0.2, 0.25) is 5.91 Å². The van der Waals surface area contributed by atoms with Gasteiger partial charge >= 0.3 is 0 Å². The SMILES string of the molecule is Cc1nnc(SCCCCC(=O)N2CCOCC2)n1-c1ccccc1. The summed E-state index contributed by atoms with van der Waals surface area (Å²) in [7, 11) is 0. The van der Waals surface area contributed by atoms with Crippen LogP contribution in [0.1, 0.15) is 25.1 Å². The van der Waals surface area contributed by atoms with Crippen molar-refractivity contribution >= 4 is 17.7 Å². The van der Waals surface area contributed by atoms with Crippen LogP contribution in [0.15, 0.2) is 35.5 Å². The normalized spacial score (nSPS) is 14.7. The fourth-order valence-corrected chi connectivity index (χ4v) is 3.82. The third kappa shape index (κ3) is 4.83. The highest BCUT2D eigenvalue weighted by Crippen LogP contribution is 2.22. The van der Waals surface area contributed by atoms with E-state index in [1.807, 2.05) is 30.0 Å². The highest BCUT2D eigenvalue weighted by molar-refractivity contribution is 7.99. The van der Waals surface area contributed by atoms with Gasteiger partial charge in [0.15, 0.2) is 5.16 Å². The summed E-state index contributed by atoms with van der Waals surface area (Å²) in [6.07, 6.45) is 2.51. The van der Waals surface area contributed by atoms with Gasteiger partial charge in [-0.3, -0.25) is 9.36 Å². The first kappa shape index (κ1) is 17.9. The molecule has 0 saturated carbocycles. The maximum Gasteiger partial charge on any atom is 0.222 e. The molecule has 0 radical (unpaired) electrons. The summed E-state index contributed by atoms with van der Waals surface area (Å²) in [6, 6.07) is 10.1. The van der Waals surface area contributed by atoms with Crippen molar-refractivity contribution in [3.8, 4) is 5.69 Å². The molecule has 0 N–H and O–H groups in total. The predicted molar refractivity (Wildman–Crippen MR) is 98.1 cm³/mol. The van der Waals surface area contributed by atoms with Crippen LogP contribution in [0.4, 0.5) is 0 Å². The number of nitrogens with zero attached hydrogens (tertiary/aromatic N) is 4. The Kier molecular flexibility index (Phi) is 6.47. The minimum absolute atomic E-state index is 0.247. The van der Waals surface area contributed by atoms with Crippen molar-refractivity contribution in [2.75, 3.05) is 32.1 Å². The monoisotopic (exact) mass is 360 g/mol. The molecular weight excluding hydrogens is 336 g/mol. The molecule has 0 bridgehead atoms. The molecule has 1 aromatic carbocycles. The van der Waals surface area contributed by atoms with Crippen LogP contribution in [0.25, 0.3) is 5.69 Å². The molecule has 1 aromatic heterocycles. The Labute approximate surface area is 152 Å². The smallest absolute Gasteiger partial charge is 0.222 e. The highest BCUT2D eigenvalue weighted by Gasteiger charge is 2.16. The van der Waals surface area contributed by atoms with Crippen LogP contribution in [0.3, 0.4) is 0 Å². The molecule has 1 aliphatic rings. The van der Waals surface area contributed by atoms with E-state index in [2.05, 4.69) is 26.9 Å². The quantitative estimate of drug-likeness (QED) is 0.561. The highest BCUT2D eigenvalue weighted by atomic mass is 32.2. The standard InChI is InChI=1S/C18H24N4O2S/c1-15-19-20-18(22(15)16-7-3-2-4-8-16)25-14-6-5-9-17(23)21-10-12-24-13-11-21/h2-4,7-8H,5-6,9-14H2,1H3. The number of morpholine rings is 1. The zero-order valence-corrected chi connectivity index (χ0v) is 15.4. The Morgan fingerprint density at radius 2 is 1.92 bits per heavy atom. The number of hydrogen-bond acceptors (Lipinski definition) is 5. The number of para-hydroxylation sites is 1. The zero-order chi connectivity index (χ0) is 17.5. The van der Waals surface area contributed by atoms with Crippen LogP contribution in [0.2, 0.25) is 0 Å². The topological polar surface area (TPSA) is 60.3 Å². The number of carbonyl (C=O) groups excluding carboxylic acids is 1. The van der Waals surface area contributed by atoms with Crippen LogP contribution >= 0.6 is 11.8 Å². The van der Waals surface area contributed by atoms with Gasteiger partial charge in [-0.2, -0.15) is 0 Å². The number of unbranched alkanes of at least 4 members (excludes halogenated alkanes) is 1. The molecule has 1 fully saturated rings. The molecule has 0 unspecified atom stereocenters. The number of hydrogen-bond donors (Lipinski definition) is 0. The second-order valence-electron chi connectivity index (χ2n) is 6.00. The Morgan fingerprint density at radius 1 is 1.16 bits per heavy atom. The first-order chi connectivity index (χ1) is 12.3. The molecule has 2 heterocycles. The van der Waals surface area contributed by atoms with Gasteiger partial charge in [-0.1, -0.05) is 30.0 Å². The Morgan fingerprint density at radius 3 is 2.68 bits per heavy atom. The maximum absolute atomic E-state index is 12.1. The van der Waals surface area contributed by atoms with Crippen LogP contribution in [-0.4, -0.2) is 57.6 Å². The summed E-state index contributed by atoms with van der Waals surface area (Å²) in [5.74, 6) is 2.06. The number of aromatic nitrogens is 3. The molecule has 134 valence electrons. The zero-order valence-electron chi connectivity index (χ0n) is 14.6. The van der Waals surface area contributed by atoms with Crippen molar-refractivity contribution in [1.82, 2.24) is 19.7 Å². The fraction of sp³-hybridized carbons (Fsp3) is 0.500. The second-order valence-corrected chi connectivity index (χ2v) is 7.06. The van der Waals surface area contributed by atoms with Crippen molar-refractivity contribution in [2.45, 2.75) is 31.3 Å². The van der Waals surface area contributed by atoms with E-state index in [0.717, 1.165) is 48.4 Å². The van der Waals surface area contributed by atoms with E-state index in [9.17, 15) is 4.79 Å². The number of amides is 1. The van der Waals surface area contributed by atoms with Gasteiger partial charge in [0, 0.05) is 31.0 Å². The number of carbonyl (C=O) groups is 1. The first-order valence-electron chi connectivity index (χ1n) is 8.71. The van der Waals surface area contributed by atoms with Crippen LogP contribution in [-0.2, 0) is 9.53 Å². The van der Waals surface area contributed by atoms with E-state index < -0.39 is 0 Å². The third-order valence-corrected chi connectivity index (χ3v) is 5.20. The molecule has 7 heteroatoms. The lowest BCUT2D eigenvalue weighted by molar-refractivity contribution is -0.135. The molecule has 1 amide bonds. The summed E-state index contributed by atoms with van der Waals surface area (Å²) >= 11 is 1.69.